The van der Waals surface area contributed by atoms with Gasteiger partial charge in [0.05, 0.1) is 19.3 Å². The first-order chi connectivity index (χ1) is 12.8. The summed E-state index contributed by atoms with van der Waals surface area (Å²) in [6.45, 7) is 5.78. The number of piperazine rings is 1. The highest BCUT2D eigenvalue weighted by atomic mass is 32.2. The predicted octanol–water partition coefficient (Wildman–Crippen LogP) is 0.807. The number of carbonyl (C=O) groups is 1. The second-order valence-electron chi connectivity index (χ2n) is 7.01. The Labute approximate surface area is 160 Å². The lowest BCUT2D eigenvalue weighted by atomic mass is 10.1. The van der Waals surface area contributed by atoms with E-state index in [9.17, 15) is 13.2 Å². The zero-order valence-electron chi connectivity index (χ0n) is 16.0. The molecular weight excluding hydrogens is 370 g/mol. The molecule has 9 heteroatoms. The lowest BCUT2D eigenvalue weighted by Gasteiger charge is -2.40. The lowest BCUT2D eigenvalue weighted by molar-refractivity contribution is -0.0457. The van der Waals surface area contributed by atoms with Crippen molar-refractivity contribution in [3.63, 3.8) is 0 Å². The van der Waals surface area contributed by atoms with Crippen molar-refractivity contribution in [2.45, 2.75) is 26.1 Å². The van der Waals surface area contributed by atoms with Gasteiger partial charge in [-0.05, 0) is 32.0 Å². The van der Waals surface area contributed by atoms with Crippen LogP contribution in [0.4, 0.5) is 0 Å². The Kier molecular flexibility index (Phi) is 6.05. The minimum Gasteiger partial charge on any atom is -0.497 e. The summed E-state index contributed by atoms with van der Waals surface area (Å²) in [5.74, 6) is 0.511. The first-order valence-corrected chi connectivity index (χ1v) is 10.5. The van der Waals surface area contributed by atoms with Crippen LogP contribution in [-0.4, -0.2) is 86.4 Å². The van der Waals surface area contributed by atoms with Gasteiger partial charge < -0.3 is 14.4 Å². The summed E-state index contributed by atoms with van der Waals surface area (Å²) >= 11 is 0. The zero-order valence-corrected chi connectivity index (χ0v) is 16.8. The number of carbonyl (C=O) groups excluding carboxylic acids is 1. The molecule has 2 aliphatic heterocycles. The van der Waals surface area contributed by atoms with E-state index in [-0.39, 0.29) is 31.2 Å². The number of benzene rings is 1. The number of ether oxygens (including phenoxy) is 2. The highest BCUT2D eigenvalue weighted by molar-refractivity contribution is 7.86. The molecule has 1 amide bonds. The molecule has 0 unspecified atom stereocenters. The van der Waals surface area contributed by atoms with Gasteiger partial charge >= 0.3 is 0 Å². The molecule has 1 aromatic carbocycles. The van der Waals surface area contributed by atoms with Crippen molar-refractivity contribution in [2.75, 3.05) is 46.4 Å². The Morgan fingerprint density at radius 3 is 2.30 bits per heavy atom. The molecule has 2 heterocycles. The quantitative estimate of drug-likeness (QED) is 0.751. The largest absolute Gasteiger partial charge is 0.497 e. The molecule has 27 heavy (non-hydrogen) atoms. The van der Waals surface area contributed by atoms with Crippen LogP contribution in [0.25, 0.3) is 0 Å². The summed E-state index contributed by atoms with van der Waals surface area (Å²) in [6, 6.07) is 6.99. The Morgan fingerprint density at radius 2 is 1.70 bits per heavy atom. The third kappa shape index (κ3) is 4.43. The van der Waals surface area contributed by atoms with Gasteiger partial charge in [-0.3, -0.25) is 4.79 Å². The number of hydrogen-bond donors (Lipinski definition) is 0. The van der Waals surface area contributed by atoms with E-state index in [4.69, 9.17) is 9.47 Å². The topological polar surface area (TPSA) is 79.4 Å². The molecule has 0 spiro atoms. The highest BCUT2D eigenvalue weighted by Gasteiger charge is 2.37. The summed E-state index contributed by atoms with van der Waals surface area (Å²) in [4.78, 5) is 14.4. The fourth-order valence-corrected chi connectivity index (χ4v) is 5.29. The van der Waals surface area contributed by atoms with Crippen LogP contribution in [0, 0.1) is 0 Å². The van der Waals surface area contributed by atoms with E-state index in [0.717, 1.165) is 0 Å². The smallest absolute Gasteiger partial charge is 0.282 e. The van der Waals surface area contributed by atoms with E-state index < -0.39 is 10.2 Å². The van der Waals surface area contributed by atoms with Gasteiger partial charge in [0.25, 0.3) is 16.1 Å². The highest BCUT2D eigenvalue weighted by Crippen LogP contribution is 2.20. The van der Waals surface area contributed by atoms with E-state index >= 15 is 0 Å². The summed E-state index contributed by atoms with van der Waals surface area (Å²) in [7, 11) is -1.99. The SMILES string of the molecule is COc1cccc(C(=O)N2CCN(S(=O)(=O)N3C[C@@H](C)O[C@@H](C)C3)CC2)c1. The summed E-state index contributed by atoms with van der Waals surface area (Å²) < 4.78 is 39.6. The van der Waals surface area contributed by atoms with E-state index in [1.54, 1.807) is 36.3 Å². The molecule has 0 aromatic heterocycles. The van der Waals surface area contributed by atoms with E-state index in [2.05, 4.69) is 0 Å². The maximum absolute atomic E-state index is 12.9. The van der Waals surface area contributed by atoms with Crippen molar-refractivity contribution >= 4 is 16.1 Å². The van der Waals surface area contributed by atoms with Gasteiger partial charge in [-0.15, -0.1) is 0 Å². The van der Waals surface area contributed by atoms with Gasteiger partial charge in [0.1, 0.15) is 5.75 Å². The number of amides is 1. The molecule has 0 N–H and O–H groups in total. The van der Waals surface area contributed by atoms with Gasteiger partial charge in [0, 0.05) is 44.8 Å². The summed E-state index contributed by atoms with van der Waals surface area (Å²) in [5, 5.41) is 0. The molecule has 0 aliphatic carbocycles. The predicted molar refractivity (Wildman–Crippen MR) is 101 cm³/mol. The molecular formula is C18H27N3O5S. The monoisotopic (exact) mass is 397 g/mol. The minimum absolute atomic E-state index is 0.112. The third-order valence-corrected chi connectivity index (χ3v) is 6.85. The molecule has 1 aromatic rings. The van der Waals surface area contributed by atoms with Crippen molar-refractivity contribution in [3.05, 3.63) is 29.8 Å². The second kappa shape index (κ2) is 8.14. The first kappa shape index (κ1) is 20.1. The molecule has 150 valence electrons. The Morgan fingerprint density at radius 1 is 1.07 bits per heavy atom. The van der Waals surface area contributed by atoms with E-state index in [0.29, 0.717) is 37.5 Å². The summed E-state index contributed by atoms with van der Waals surface area (Å²) in [5.41, 5.74) is 0.543. The van der Waals surface area contributed by atoms with Crippen molar-refractivity contribution in [2.24, 2.45) is 0 Å². The molecule has 2 aliphatic rings. The van der Waals surface area contributed by atoms with Crippen molar-refractivity contribution < 1.29 is 22.7 Å². The molecule has 2 saturated heterocycles. The third-order valence-electron chi connectivity index (χ3n) is 4.88. The molecule has 0 saturated carbocycles. The van der Waals surface area contributed by atoms with E-state index in [1.165, 1.54) is 8.61 Å². The van der Waals surface area contributed by atoms with Crippen molar-refractivity contribution in [1.82, 2.24) is 13.5 Å². The number of nitrogens with zero attached hydrogens (tertiary/aromatic N) is 3. The van der Waals surface area contributed by atoms with Crippen LogP contribution >= 0.6 is 0 Å². The van der Waals surface area contributed by atoms with Crippen LogP contribution in [0.1, 0.15) is 24.2 Å². The van der Waals surface area contributed by atoms with Crippen LogP contribution in [0.3, 0.4) is 0 Å². The number of methoxy groups -OCH3 is 1. The standard InChI is InChI=1S/C18H27N3O5S/c1-14-12-21(13-15(2)26-14)27(23,24)20-9-7-19(8-10-20)18(22)16-5-4-6-17(11-16)25-3/h4-6,11,14-15H,7-10,12-13H2,1-3H3/t14-,15+. The normalized spacial score (nSPS) is 25.4. The van der Waals surface area contributed by atoms with Crippen LogP contribution < -0.4 is 4.74 Å². The first-order valence-electron chi connectivity index (χ1n) is 9.15. The number of morpholine rings is 1. The molecule has 2 fully saturated rings. The Bertz CT molecular complexity index is 767. The summed E-state index contributed by atoms with van der Waals surface area (Å²) in [6.07, 6.45) is -0.251. The van der Waals surface area contributed by atoms with E-state index in [1.807, 2.05) is 13.8 Å². The molecule has 0 bridgehead atoms. The average molecular weight is 397 g/mol. The fourth-order valence-electron chi connectivity index (χ4n) is 3.54. The van der Waals surface area contributed by atoms with Crippen LogP contribution in [0.5, 0.6) is 5.75 Å². The maximum atomic E-state index is 12.9. The fraction of sp³-hybridized carbons (Fsp3) is 0.611. The van der Waals surface area contributed by atoms with Gasteiger partial charge in [0.2, 0.25) is 0 Å². The number of rotatable bonds is 4. The lowest BCUT2D eigenvalue weighted by Crippen LogP contribution is -2.57. The molecule has 3 rings (SSSR count). The molecule has 0 radical (unpaired) electrons. The molecule has 2 atom stereocenters. The number of hydrogen-bond acceptors (Lipinski definition) is 5. The second-order valence-corrected chi connectivity index (χ2v) is 8.93. The zero-order chi connectivity index (χ0) is 19.6. The van der Waals surface area contributed by atoms with Crippen molar-refractivity contribution in [3.8, 4) is 5.75 Å². The maximum Gasteiger partial charge on any atom is 0.282 e. The minimum atomic E-state index is -3.55. The van der Waals surface area contributed by atoms with Gasteiger partial charge in [-0.1, -0.05) is 6.07 Å². The Balaban J connectivity index is 1.63. The van der Waals surface area contributed by atoms with Gasteiger partial charge in [0.15, 0.2) is 0 Å². The van der Waals surface area contributed by atoms with Gasteiger partial charge in [-0.2, -0.15) is 17.0 Å². The average Bonchev–Trinajstić information content (AvgIpc) is 2.67. The van der Waals surface area contributed by atoms with Crippen LogP contribution in [0.15, 0.2) is 24.3 Å². The van der Waals surface area contributed by atoms with Crippen molar-refractivity contribution in [1.29, 1.82) is 0 Å². The molecule has 8 nitrogen and oxygen atoms in total. The van der Waals surface area contributed by atoms with Crippen LogP contribution in [0.2, 0.25) is 0 Å². The Hall–Kier alpha value is -1.68. The van der Waals surface area contributed by atoms with Gasteiger partial charge in [-0.25, -0.2) is 0 Å². The van der Waals surface area contributed by atoms with Crippen LogP contribution in [-0.2, 0) is 14.9 Å².